The second-order valence-electron chi connectivity index (χ2n) is 7.31. The van der Waals surface area contributed by atoms with Gasteiger partial charge in [-0.15, -0.1) is 0 Å². The van der Waals surface area contributed by atoms with Crippen molar-refractivity contribution in [1.82, 2.24) is 10.2 Å². The molecular weight excluding hydrogens is 374 g/mol. The molecule has 1 aliphatic heterocycles. The molecule has 1 fully saturated rings. The van der Waals surface area contributed by atoms with Crippen molar-refractivity contribution >= 4 is 22.6 Å². The van der Waals surface area contributed by atoms with Crippen LogP contribution < -0.4 is 5.32 Å². The number of allylic oxidation sites excluding steroid dienone is 1. The molecule has 148 valence electrons. The lowest BCUT2D eigenvalue weighted by Gasteiger charge is -2.23. The highest BCUT2D eigenvalue weighted by molar-refractivity contribution is 5.98. The lowest BCUT2D eigenvalue weighted by atomic mass is 10.0. The first-order valence-electron chi connectivity index (χ1n) is 9.85. The van der Waals surface area contributed by atoms with Gasteiger partial charge in [-0.05, 0) is 34.0 Å². The standard InChI is InChI=1S/C25H21N3O2/c26-14-13-18-15-23(28(17-18)25(30)20-8-2-1-3-9-20)24(29)27-16-21-11-6-10-19-7-4-5-12-22(19)21/h1-13,23H,15-17H2,(H,27,29)/b18-13+/t23-/m0/s1. The minimum absolute atomic E-state index is 0.206. The first-order chi connectivity index (χ1) is 14.7. The van der Waals surface area contributed by atoms with Gasteiger partial charge in [0.1, 0.15) is 6.04 Å². The summed E-state index contributed by atoms with van der Waals surface area (Å²) in [6.45, 7) is 0.662. The Bertz CT molecular complexity index is 1160. The summed E-state index contributed by atoms with van der Waals surface area (Å²) in [5.41, 5.74) is 2.34. The zero-order chi connectivity index (χ0) is 20.9. The normalized spacial score (nSPS) is 17.1. The lowest BCUT2D eigenvalue weighted by Crippen LogP contribution is -2.45. The summed E-state index contributed by atoms with van der Waals surface area (Å²) < 4.78 is 0. The van der Waals surface area contributed by atoms with E-state index in [-0.39, 0.29) is 18.4 Å². The van der Waals surface area contributed by atoms with E-state index in [1.165, 1.54) is 6.08 Å². The van der Waals surface area contributed by atoms with Gasteiger partial charge in [0.15, 0.2) is 0 Å². The molecule has 1 aliphatic rings. The smallest absolute Gasteiger partial charge is 0.254 e. The van der Waals surface area contributed by atoms with Gasteiger partial charge in [0, 0.05) is 31.1 Å². The number of rotatable bonds is 4. The van der Waals surface area contributed by atoms with Gasteiger partial charge in [0.2, 0.25) is 5.91 Å². The van der Waals surface area contributed by atoms with Crippen LogP contribution in [0.4, 0.5) is 0 Å². The molecule has 0 bridgehead atoms. The summed E-state index contributed by atoms with van der Waals surface area (Å²) in [5, 5.41) is 14.2. The number of hydrogen-bond acceptors (Lipinski definition) is 3. The summed E-state index contributed by atoms with van der Waals surface area (Å²) in [7, 11) is 0. The quantitative estimate of drug-likeness (QED) is 0.683. The van der Waals surface area contributed by atoms with Gasteiger partial charge >= 0.3 is 0 Å². The Morgan fingerprint density at radius 2 is 1.77 bits per heavy atom. The fourth-order valence-electron chi connectivity index (χ4n) is 3.89. The van der Waals surface area contributed by atoms with Crippen molar-refractivity contribution in [3.63, 3.8) is 0 Å². The van der Waals surface area contributed by atoms with Gasteiger partial charge < -0.3 is 10.2 Å². The highest BCUT2D eigenvalue weighted by Crippen LogP contribution is 2.25. The van der Waals surface area contributed by atoms with Gasteiger partial charge in [0.05, 0.1) is 6.07 Å². The van der Waals surface area contributed by atoms with Crippen molar-refractivity contribution in [2.24, 2.45) is 0 Å². The number of amides is 2. The number of fused-ring (bicyclic) bond motifs is 1. The number of carbonyl (C=O) groups is 2. The Kier molecular flexibility index (Phi) is 5.58. The average Bonchev–Trinajstić information content (AvgIpc) is 3.22. The third-order valence-corrected chi connectivity index (χ3v) is 5.39. The molecule has 0 aliphatic carbocycles. The lowest BCUT2D eigenvalue weighted by molar-refractivity contribution is -0.125. The second kappa shape index (κ2) is 8.62. The SMILES string of the molecule is N#C/C=C1\C[C@@H](C(=O)NCc2cccc3ccccc23)N(C(=O)c2ccccc2)C1. The predicted molar refractivity (Wildman–Crippen MR) is 115 cm³/mol. The largest absolute Gasteiger partial charge is 0.350 e. The fraction of sp³-hybridized carbons (Fsp3) is 0.160. The van der Waals surface area contributed by atoms with Crippen LogP contribution in [0.1, 0.15) is 22.3 Å². The zero-order valence-corrected chi connectivity index (χ0v) is 16.4. The highest BCUT2D eigenvalue weighted by Gasteiger charge is 2.37. The van der Waals surface area contributed by atoms with E-state index in [1.807, 2.05) is 54.6 Å². The predicted octanol–water partition coefficient (Wildman–Crippen LogP) is 3.82. The van der Waals surface area contributed by atoms with Crippen molar-refractivity contribution in [2.45, 2.75) is 19.0 Å². The number of nitrogens with one attached hydrogen (secondary N) is 1. The van der Waals surface area contributed by atoms with Gasteiger partial charge in [-0.2, -0.15) is 5.26 Å². The average molecular weight is 395 g/mol. The molecule has 5 nitrogen and oxygen atoms in total. The third kappa shape index (κ3) is 3.94. The van der Waals surface area contributed by atoms with E-state index in [0.29, 0.717) is 18.5 Å². The summed E-state index contributed by atoms with van der Waals surface area (Å²) in [4.78, 5) is 27.6. The van der Waals surface area contributed by atoms with Crippen LogP contribution in [0.2, 0.25) is 0 Å². The van der Waals surface area contributed by atoms with Crippen LogP contribution in [0.25, 0.3) is 10.8 Å². The van der Waals surface area contributed by atoms with Gasteiger partial charge in [-0.3, -0.25) is 9.59 Å². The van der Waals surface area contributed by atoms with Crippen LogP contribution in [0, 0.1) is 11.3 Å². The minimum Gasteiger partial charge on any atom is -0.350 e. The number of benzene rings is 3. The van der Waals surface area contributed by atoms with Crippen LogP contribution in [-0.4, -0.2) is 29.3 Å². The summed E-state index contributed by atoms with van der Waals surface area (Å²) in [6, 6.07) is 24.3. The highest BCUT2D eigenvalue weighted by atomic mass is 16.2. The Hall–Kier alpha value is -3.91. The van der Waals surface area contributed by atoms with Crippen LogP contribution in [0.3, 0.4) is 0 Å². The molecule has 0 saturated carbocycles. The second-order valence-corrected chi connectivity index (χ2v) is 7.31. The van der Waals surface area contributed by atoms with E-state index in [9.17, 15) is 9.59 Å². The molecule has 1 heterocycles. The van der Waals surface area contributed by atoms with E-state index >= 15 is 0 Å². The van der Waals surface area contributed by atoms with Gasteiger partial charge in [0.25, 0.3) is 5.91 Å². The van der Waals surface area contributed by atoms with E-state index < -0.39 is 6.04 Å². The Morgan fingerprint density at radius 1 is 1.03 bits per heavy atom. The molecule has 0 radical (unpaired) electrons. The van der Waals surface area contributed by atoms with Crippen LogP contribution in [0.5, 0.6) is 0 Å². The molecule has 0 aromatic heterocycles. The molecule has 5 heteroatoms. The van der Waals surface area contributed by atoms with E-state index in [4.69, 9.17) is 5.26 Å². The maximum atomic E-state index is 13.0. The van der Waals surface area contributed by atoms with Crippen molar-refractivity contribution in [2.75, 3.05) is 6.54 Å². The number of likely N-dealkylation sites (tertiary alicyclic amines) is 1. The Balaban J connectivity index is 1.54. The number of nitriles is 1. The molecule has 0 spiro atoms. The molecular formula is C25H21N3O2. The molecule has 1 saturated heterocycles. The number of hydrogen-bond donors (Lipinski definition) is 1. The molecule has 0 unspecified atom stereocenters. The first kappa shape index (κ1) is 19.4. The van der Waals surface area contributed by atoms with Crippen LogP contribution >= 0.6 is 0 Å². The van der Waals surface area contributed by atoms with Crippen molar-refractivity contribution in [3.8, 4) is 6.07 Å². The van der Waals surface area contributed by atoms with Gasteiger partial charge in [-0.25, -0.2) is 0 Å². The van der Waals surface area contributed by atoms with Crippen molar-refractivity contribution < 1.29 is 9.59 Å². The maximum Gasteiger partial charge on any atom is 0.254 e. The van der Waals surface area contributed by atoms with Crippen molar-refractivity contribution in [1.29, 1.82) is 5.26 Å². The number of nitrogens with zero attached hydrogens (tertiary/aromatic N) is 2. The molecule has 2 amide bonds. The molecule has 1 atom stereocenters. The molecule has 3 aromatic rings. The maximum absolute atomic E-state index is 13.0. The third-order valence-electron chi connectivity index (χ3n) is 5.39. The van der Waals surface area contributed by atoms with Crippen LogP contribution in [-0.2, 0) is 11.3 Å². The minimum atomic E-state index is -0.632. The zero-order valence-electron chi connectivity index (χ0n) is 16.4. The molecule has 3 aromatic carbocycles. The van der Waals surface area contributed by atoms with Crippen molar-refractivity contribution in [3.05, 3.63) is 95.6 Å². The number of carbonyl (C=O) groups excluding carboxylic acids is 2. The summed E-state index contributed by atoms with van der Waals surface area (Å²) >= 11 is 0. The van der Waals surface area contributed by atoms with Crippen LogP contribution in [0.15, 0.2) is 84.4 Å². The van der Waals surface area contributed by atoms with E-state index in [1.54, 1.807) is 29.2 Å². The fourth-order valence-corrected chi connectivity index (χ4v) is 3.89. The Morgan fingerprint density at radius 3 is 2.57 bits per heavy atom. The van der Waals surface area contributed by atoms with E-state index in [0.717, 1.165) is 21.9 Å². The topological polar surface area (TPSA) is 73.2 Å². The van der Waals surface area contributed by atoms with E-state index in [2.05, 4.69) is 5.32 Å². The molecule has 1 N–H and O–H groups in total. The monoisotopic (exact) mass is 395 g/mol. The first-order valence-corrected chi connectivity index (χ1v) is 9.85. The molecule has 4 rings (SSSR count). The summed E-state index contributed by atoms with van der Waals surface area (Å²) in [5.74, 6) is -0.421. The summed E-state index contributed by atoms with van der Waals surface area (Å²) in [6.07, 6.45) is 1.80. The molecule has 30 heavy (non-hydrogen) atoms. The van der Waals surface area contributed by atoms with Gasteiger partial charge in [-0.1, -0.05) is 60.7 Å². The Labute approximate surface area is 175 Å².